The Morgan fingerprint density at radius 1 is 0.933 bits per heavy atom. The lowest BCUT2D eigenvalue weighted by molar-refractivity contribution is -0.288. The molecule has 0 aromatic rings. The van der Waals surface area contributed by atoms with Crippen molar-refractivity contribution >= 4 is 10.4 Å². The van der Waals surface area contributed by atoms with Crippen molar-refractivity contribution in [3.63, 3.8) is 0 Å². The molecule has 2 unspecified atom stereocenters. The van der Waals surface area contributed by atoms with Crippen LogP contribution in [-0.2, 0) is 28.8 Å². The van der Waals surface area contributed by atoms with Crippen molar-refractivity contribution in [3.05, 3.63) is 0 Å². The fourth-order valence-corrected chi connectivity index (χ4v) is 0.861. The second-order valence-electron chi connectivity index (χ2n) is 3.17. The average Bonchev–Trinajstić information content (AvgIpc) is 2.22. The first-order valence-corrected chi connectivity index (χ1v) is 6.19. The van der Waals surface area contributed by atoms with Gasteiger partial charge in [0.1, 0.15) is 0 Å². The van der Waals surface area contributed by atoms with Gasteiger partial charge in [0.05, 0.1) is 12.2 Å². The van der Waals surface area contributed by atoms with Gasteiger partial charge in [0.15, 0.2) is 0 Å². The van der Waals surface area contributed by atoms with Gasteiger partial charge >= 0.3 is 10.4 Å². The number of hydrogen-bond donors (Lipinski definition) is 0. The second-order valence-corrected chi connectivity index (χ2v) is 4.26. The predicted octanol–water partition coefficient (Wildman–Crippen LogP) is 1.72. The molecule has 92 valence electrons. The third-order valence-electron chi connectivity index (χ3n) is 1.72. The first kappa shape index (κ1) is 14.8. The molecule has 0 bridgehead atoms. The van der Waals surface area contributed by atoms with Crippen LogP contribution in [-0.4, -0.2) is 20.6 Å². The highest BCUT2D eigenvalue weighted by molar-refractivity contribution is 7.81. The van der Waals surface area contributed by atoms with Gasteiger partial charge in [-0.3, -0.25) is 0 Å². The van der Waals surface area contributed by atoms with Crippen molar-refractivity contribution in [2.45, 2.75) is 52.7 Å². The van der Waals surface area contributed by atoms with Gasteiger partial charge in [-0.15, -0.1) is 0 Å². The van der Waals surface area contributed by atoms with E-state index in [-0.39, 0.29) is 12.2 Å². The maximum Gasteiger partial charge on any atom is 0.453 e. The molecular weight excluding hydrogens is 224 g/mol. The van der Waals surface area contributed by atoms with Crippen LogP contribution in [0.1, 0.15) is 40.5 Å². The van der Waals surface area contributed by atoms with Crippen molar-refractivity contribution in [2.24, 2.45) is 0 Å². The fourth-order valence-electron chi connectivity index (χ4n) is 0.378. The average molecular weight is 242 g/mol. The van der Waals surface area contributed by atoms with Crippen LogP contribution in [0.5, 0.6) is 0 Å². The molecular formula is C8H18O6S. The summed E-state index contributed by atoms with van der Waals surface area (Å²) in [4.78, 5) is 9.06. The molecule has 0 saturated carbocycles. The zero-order chi connectivity index (χ0) is 11.9. The van der Waals surface area contributed by atoms with Crippen LogP contribution in [0.15, 0.2) is 0 Å². The summed E-state index contributed by atoms with van der Waals surface area (Å²) in [6.45, 7) is 7.00. The SMILES string of the molecule is CCC(C)OOS(=O)(=O)OOC(C)CC. The Hall–Kier alpha value is -0.210. The smallest absolute Gasteiger partial charge is 0.215 e. The Balaban J connectivity index is 3.87. The molecule has 6 nitrogen and oxygen atoms in total. The van der Waals surface area contributed by atoms with E-state index in [1.54, 1.807) is 13.8 Å². The van der Waals surface area contributed by atoms with E-state index < -0.39 is 10.4 Å². The van der Waals surface area contributed by atoms with E-state index in [9.17, 15) is 8.42 Å². The molecule has 0 spiro atoms. The molecule has 2 atom stereocenters. The quantitative estimate of drug-likeness (QED) is 0.477. The number of hydrogen-bond acceptors (Lipinski definition) is 6. The minimum Gasteiger partial charge on any atom is -0.215 e. The van der Waals surface area contributed by atoms with Crippen LogP contribution in [0.2, 0.25) is 0 Å². The summed E-state index contributed by atoms with van der Waals surface area (Å²) >= 11 is 0. The van der Waals surface area contributed by atoms with Crippen molar-refractivity contribution < 1.29 is 26.9 Å². The maximum absolute atomic E-state index is 11.0. The summed E-state index contributed by atoms with van der Waals surface area (Å²) in [6.07, 6.45) is 0.600. The van der Waals surface area contributed by atoms with Gasteiger partial charge in [0.2, 0.25) is 0 Å². The van der Waals surface area contributed by atoms with Gasteiger partial charge in [-0.05, 0) is 26.7 Å². The molecule has 0 aliphatic heterocycles. The minimum absolute atomic E-state index is 0.327. The third-order valence-corrected chi connectivity index (χ3v) is 2.21. The van der Waals surface area contributed by atoms with Crippen LogP contribution in [0.3, 0.4) is 0 Å². The highest BCUT2D eigenvalue weighted by Crippen LogP contribution is 2.06. The van der Waals surface area contributed by atoms with Crippen LogP contribution >= 0.6 is 0 Å². The highest BCUT2D eigenvalue weighted by atomic mass is 32.3. The van der Waals surface area contributed by atoms with Gasteiger partial charge in [-0.2, -0.15) is 8.42 Å². The van der Waals surface area contributed by atoms with Gasteiger partial charge in [0, 0.05) is 0 Å². The van der Waals surface area contributed by atoms with E-state index in [1.165, 1.54) is 0 Å². The molecule has 0 aliphatic rings. The normalized spacial score (nSPS) is 16.3. The topological polar surface area (TPSA) is 71.1 Å². The molecule has 0 amide bonds. The number of rotatable bonds is 8. The zero-order valence-corrected chi connectivity index (χ0v) is 10.2. The zero-order valence-electron chi connectivity index (χ0n) is 9.43. The molecule has 0 rings (SSSR count). The van der Waals surface area contributed by atoms with Crippen molar-refractivity contribution in [2.75, 3.05) is 0 Å². The van der Waals surface area contributed by atoms with Crippen LogP contribution < -0.4 is 0 Å². The molecule has 0 aromatic carbocycles. The standard InChI is InChI=1S/C8H18O6S/c1-5-7(3)11-13-15(9,10)14-12-8(4)6-2/h7-8H,5-6H2,1-4H3. The van der Waals surface area contributed by atoms with Crippen LogP contribution in [0.4, 0.5) is 0 Å². The summed E-state index contributed by atoms with van der Waals surface area (Å²) in [5.41, 5.74) is 0. The Labute approximate surface area is 90.7 Å². The van der Waals surface area contributed by atoms with Crippen LogP contribution in [0, 0.1) is 0 Å². The summed E-state index contributed by atoms with van der Waals surface area (Å²) in [6, 6.07) is 0. The first-order chi connectivity index (χ1) is 6.91. The molecule has 0 saturated heterocycles. The molecule has 0 fully saturated rings. The lowest BCUT2D eigenvalue weighted by Gasteiger charge is -2.10. The Morgan fingerprint density at radius 2 is 1.27 bits per heavy atom. The summed E-state index contributed by atoms with van der Waals surface area (Å²) < 4.78 is 30.2. The fraction of sp³-hybridized carbons (Fsp3) is 1.00. The van der Waals surface area contributed by atoms with Crippen LogP contribution in [0.25, 0.3) is 0 Å². The minimum atomic E-state index is -4.24. The predicted molar refractivity (Wildman–Crippen MR) is 52.8 cm³/mol. The van der Waals surface area contributed by atoms with E-state index in [0.717, 1.165) is 0 Å². The molecule has 0 heterocycles. The third kappa shape index (κ3) is 7.69. The van der Waals surface area contributed by atoms with E-state index in [2.05, 4.69) is 18.4 Å². The van der Waals surface area contributed by atoms with Crippen molar-refractivity contribution in [1.29, 1.82) is 0 Å². The molecule has 7 heteroatoms. The maximum atomic E-state index is 11.0. The van der Waals surface area contributed by atoms with E-state index in [0.29, 0.717) is 12.8 Å². The lowest BCUT2D eigenvalue weighted by Crippen LogP contribution is -2.18. The first-order valence-electron chi connectivity index (χ1n) is 4.86. The molecule has 0 radical (unpaired) electrons. The van der Waals surface area contributed by atoms with E-state index >= 15 is 0 Å². The summed E-state index contributed by atoms with van der Waals surface area (Å²) in [5.74, 6) is 0. The van der Waals surface area contributed by atoms with E-state index in [4.69, 9.17) is 0 Å². The Kier molecular flexibility index (Phi) is 7.03. The second kappa shape index (κ2) is 7.13. The Morgan fingerprint density at radius 3 is 1.53 bits per heavy atom. The van der Waals surface area contributed by atoms with Gasteiger partial charge < -0.3 is 0 Å². The molecule has 0 N–H and O–H groups in total. The Bertz CT molecular complexity index is 230. The van der Waals surface area contributed by atoms with Crippen molar-refractivity contribution in [3.8, 4) is 0 Å². The van der Waals surface area contributed by atoms with Crippen molar-refractivity contribution in [1.82, 2.24) is 0 Å². The molecule has 0 aliphatic carbocycles. The van der Waals surface area contributed by atoms with E-state index in [1.807, 2.05) is 13.8 Å². The molecule has 0 aromatic heterocycles. The monoisotopic (exact) mass is 242 g/mol. The summed E-state index contributed by atoms with van der Waals surface area (Å²) in [5, 5.41) is 0. The summed E-state index contributed by atoms with van der Waals surface area (Å²) in [7, 11) is -4.24. The van der Waals surface area contributed by atoms with Gasteiger partial charge in [-0.1, -0.05) is 22.5 Å². The van der Waals surface area contributed by atoms with Gasteiger partial charge in [-0.25, -0.2) is 9.78 Å². The van der Waals surface area contributed by atoms with Gasteiger partial charge in [0.25, 0.3) is 0 Å². The molecule has 15 heavy (non-hydrogen) atoms. The highest BCUT2D eigenvalue weighted by Gasteiger charge is 2.18. The lowest BCUT2D eigenvalue weighted by atomic mass is 10.3. The largest absolute Gasteiger partial charge is 0.453 e.